The Labute approximate surface area is 76.8 Å². The second-order valence-electron chi connectivity index (χ2n) is 2.72. The molecule has 12 heavy (non-hydrogen) atoms. The fourth-order valence-corrected chi connectivity index (χ4v) is 1.43. The van der Waals surface area contributed by atoms with Crippen molar-refractivity contribution in [1.82, 2.24) is 0 Å². The molecule has 2 aromatic rings. The molecule has 1 heteroatoms. The summed E-state index contributed by atoms with van der Waals surface area (Å²) < 4.78 is 0. The monoisotopic (exact) mass is 172 g/mol. The minimum Gasteiger partial charge on any atom is -0.0881 e. The normalized spacial score (nSPS) is 10.0. The van der Waals surface area contributed by atoms with Crippen LogP contribution in [0.1, 0.15) is 5.56 Å². The first-order valence-corrected chi connectivity index (χ1v) is 4.31. The minimum absolute atomic E-state index is 1.10. The maximum absolute atomic E-state index is 4.86. The summed E-state index contributed by atoms with van der Waals surface area (Å²) in [7, 11) is 0. The van der Waals surface area contributed by atoms with E-state index < -0.39 is 0 Å². The van der Waals surface area contributed by atoms with E-state index in [2.05, 4.69) is 24.3 Å². The predicted molar refractivity (Wildman–Crippen MR) is 56.7 cm³/mol. The van der Waals surface area contributed by atoms with Crippen LogP contribution < -0.4 is 0 Å². The van der Waals surface area contributed by atoms with Crippen molar-refractivity contribution in [3.05, 3.63) is 48.0 Å². The molecule has 0 saturated carbocycles. The molecular formula is C11H8S. The predicted octanol–water partition coefficient (Wildman–Crippen LogP) is 3.19. The SMILES string of the molecule is S=Cc1ccc2ccccc2c1. The zero-order chi connectivity index (χ0) is 8.39. The van der Waals surface area contributed by atoms with Gasteiger partial charge in [-0.3, -0.25) is 0 Å². The number of thiocarbonyl (C=S) groups is 1. The fraction of sp³-hybridized carbons (Fsp3) is 0. The van der Waals surface area contributed by atoms with Crippen LogP contribution in [0.15, 0.2) is 42.5 Å². The number of fused-ring (bicyclic) bond motifs is 1. The van der Waals surface area contributed by atoms with Crippen molar-refractivity contribution < 1.29 is 0 Å². The zero-order valence-corrected chi connectivity index (χ0v) is 7.34. The van der Waals surface area contributed by atoms with Crippen molar-refractivity contribution >= 4 is 28.4 Å². The molecule has 0 fully saturated rings. The Hall–Kier alpha value is -1.21. The van der Waals surface area contributed by atoms with Gasteiger partial charge < -0.3 is 0 Å². The van der Waals surface area contributed by atoms with Crippen molar-refractivity contribution in [3.8, 4) is 0 Å². The van der Waals surface area contributed by atoms with Crippen molar-refractivity contribution in [2.24, 2.45) is 0 Å². The van der Waals surface area contributed by atoms with Crippen molar-refractivity contribution in [2.45, 2.75) is 0 Å². The Morgan fingerprint density at radius 1 is 0.917 bits per heavy atom. The van der Waals surface area contributed by atoms with Crippen LogP contribution in [0.2, 0.25) is 0 Å². The van der Waals surface area contributed by atoms with Gasteiger partial charge in [-0.1, -0.05) is 48.6 Å². The molecule has 0 amide bonds. The second-order valence-corrected chi connectivity index (χ2v) is 2.96. The Bertz CT molecular complexity index is 418. The maximum Gasteiger partial charge on any atom is 0.00863 e. The first-order valence-electron chi connectivity index (χ1n) is 3.84. The van der Waals surface area contributed by atoms with Gasteiger partial charge >= 0.3 is 0 Å². The minimum atomic E-state index is 1.10. The lowest BCUT2D eigenvalue weighted by Gasteiger charge is -1.97. The Kier molecular flexibility index (Phi) is 1.88. The largest absolute Gasteiger partial charge is 0.0881 e. The summed E-state index contributed by atoms with van der Waals surface area (Å²) >= 11 is 4.86. The highest BCUT2D eigenvalue weighted by Gasteiger charge is 1.91. The van der Waals surface area contributed by atoms with E-state index in [9.17, 15) is 0 Å². The summed E-state index contributed by atoms with van der Waals surface area (Å²) in [6, 6.07) is 14.5. The quantitative estimate of drug-likeness (QED) is 0.595. The van der Waals surface area contributed by atoms with Gasteiger partial charge in [0.05, 0.1) is 0 Å². The standard InChI is InChI=1S/C11H8S/c12-8-9-5-6-10-3-1-2-4-11(10)7-9/h1-8H. The van der Waals surface area contributed by atoms with Crippen LogP contribution in [0.3, 0.4) is 0 Å². The molecule has 58 valence electrons. The third-order valence-electron chi connectivity index (χ3n) is 1.91. The number of hydrogen-bond donors (Lipinski definition) is 0. The van der Waals surface area contributed by atoms with Gasteiger partial charge in [0.15, 0.2) is 0 Å². The Morgan fingerprint density at radius 2 is 1.67 bits per heavy atom. The molecule has 0 heterocycles. The van der Waals surface area contributed by atoms with E-state index in [1.807, 2.05) is 18.2 Å². The highest BCUT2D eigenvalue weighted by molar-refractivity contribution is 7.79. The van der Waals surface area contributed by atoms with E-state index in [0.717, 1.165) is 5.56 Å². The van der Waals surface area contributed by atoms with Crippen molar-refractivity contribution in [1.29, 1.82) is 0 Å². The van der Waals surface area contributed by atoms with Crippen LogP contribution in [0.4, 0.5) is 0 Å². The molecule has 0 atom stereocenters. The van der Waals surface area contributed by atoms with Crippen molar-refractivity contribution in [2.75, 3.05) is 0 Å². The van der Waals surface area contributed by atoms with Crippen LogP contribution in [-0.4, -0.2) is 5.37 Å². The van der Waals surface area contributed by atoms with Gasteiger partial charge in [-0.2, -0.15) is 0 Å². The number of rotatable bonds is 1. The first-order chi connectivity index (χ1) is 5.90. The van der Waals surface area contributed by atoms with E-state index in [1.165, 1.54) is 10.8 Å². The molecule has 0 aromatic heterocycles. The molecule has 0 N–H and O–H groups in total. The second kappa shape index (κ2) is 3.03. The third-order valence-corrected chi connectivity index (χ3v) is 2.18. The maximum atomic E-state index is 4.86. The van der Waals surface area contributed by atoms with E-state index in [1.54, 1.807) is 5.37 Å². The van der Waals surface area contributed by atoms with E-state index >= 15 is 0 Å². The summed E-state index contributed by atoms with van der Waals surface area (Å²) in [6.07, 6.45) is 0. The highest BCUT2D eigenvalue weighted by Crippen LogP contribution is 2.14. The smallest absolute Gasteiger partial charge is 0.00863 e. The van der Waals surface area contributed by atoms with Crippen LogP contribution in [-0.2, 0) is 0 Å². The lowest BCUT2D eigenvalue weighted by molar-refractivity contribution is 1.73. The van der Waals surface area contributed by atoms with Gasteiger partial charge in [0, 0.05) is 5.37 Å². The molecule has 0 aliphatic rings. The van der Waals surface area contributed by atoms with E-state index in [4.69, 9.17) is 12.2 Å². The summed E-state index contributed by atoms with van der Waals surface area (Å²) in [4.78, 5) is 0. The molecule has 0 aliphatic heterocycles. The summed E-state index contributed by atoms with van der Waals surface area (Å²) in [6.45, 7) is 0. The van der Waals surface area contributed by atoms with E-state index in [-0.39, 0.29) is 0 Å². The molecule has 0 aliphatic carbocycles. The van der Waals surface area contributed by atoms with Crippen LogP contribution in [0.5, 0.6) is 0 Å². The van der Waals surface area contributed by atoms with Crippen LogP contribution in [0, 0.1) is 0 Å². The van der Waals surface area contributed by atoms with Gasteiger partial charge in [-0.05, 0) is 22.4 Å². The first kappa shape index (κ1) is 7.44. The average Bonchev–Trinajstić information content (AvgIpc) is 2.17. The highest BCUT2D eigenvalue weighted by atomic mass is 32.1. The molecule has 2 rings (SSSR count). The fourth-order valence-electron chi connectivity index (χ4n) is 1.28. The summed E-state index contributed by atoms with van der Waals surface area (Å²) in [5.41, 5.74) is 1.10. The molecule has 0 bridgehead atoms. The molecule has 0 radical (unpaired) electrons. The number of hydrogen-bond acceptors (Lipinski definition) is 1. The van der Waals surface area contributed by atoms with Gasteiger partial charge in [0.25, 0.3) is 0 Å². The van der Waals surface area contributed by atoms with Crippen molar-refractivity contribution in [3.63, 3.8) is 0 Å². The molecule has 0 unspecified atom stereocenters. The molecule has 0 spiro atoms. The zero-order valence-electron chi connectivity index (χ0n) is 6.53. The van der Waals surface area contributed by atoms with Crippen LogP contribution in [0.25, 0.3) is 10.8 Å². The van der Waals surface area contributed by atoms with Crippen LogP contribution >= 0.6 is 12.2 Å². The summed E-state index contributed by atoms with van der Waals surface area (Å²) in [5, 5.41) is 4.21. The summed E-state index contributed by atoms with van der Waals surface area (Å²) in [5.74, 6) is 0. The Balaban J connectivity index is 2.75. The van der Waals surface area contributed by atoms with Gasteiger partial charge in [0.1, 0.15) is 0 Å². The lowest BCUT2D eigenvalue weighted by atomic mass is 10.1. The average molecular weight is 172 g/mol. The van der Waals surface area contributed by atoms with Gasteiger partial charge in [0.2, 0.25) is 0 Å². The topological polar surface area (TPSA) is 0 Å². The van der Waals surface area contributed by atoms with Gasteiger partial charge in [-0.25, -0.2) is 0 Å². The van der Waals surface area contributed by atoms with Gasteiger partial charge in [-0.15, -0.1) is 0 Å². The lowest BCUT2D eigenvalue weighted by Crippen LogP contribution is -1.77. The molecule has 0 nitrogen and oxygen atoms in total. The molecule has 2 aromatic carbocycles. The molecular weight excluding hydrogens is 164 g/mol. The number of benzene rings is 2. The third kappa shape index (κ3) is 1.23. The van der Waals surface area contributed by atoms with E-state index in [0.29, 0.717) is 0 Å². The molecule has 0 saturated heterocycles. The Morgan fingerprint density at radius 3 is 2.42 bits per heavy atom.